The Labute approximate surface area is 76.9 Å². The van der Waals surface area contributed by atoms with Gasteiger partial charge in [0.1, 0.15) is 0 Å². The second kappa shape index (κ2) is 4.14. The van der Waals surface area contributed by atoms with Gasteiger partial charge in [0.2, 0.25) is 5.91 Å². The van der Waals surface area contributed by atoms with E-state index in [2.05, 4.69) is 5.32 Å². The quantitative estimate of drug-likeness (QED) is 0.675. The summed E-state index contributed by atoms with van der Waals surface area (Å²) in [7, 11) is 0. The molecule has 1 fully saturated rings. The molecule has 4 heteroatoms. The van der Waals surface area contributed by atoms with Crippen LogP contribution < -0.4 is 5.32 Å². The molecule has 0 saturated carbocycles. The summed E-state index contributed by atoms with van der Waals surface area (Å²) in [5.74, 6) is 1.14. The summed E-state index contributed by atoms with van der Waals surface area (Å²) in [6.07, 6.45) is 2.07. The topological polar surface area (TPSA) is 49.3 Å². The lowest BCUT2D eigenvalue weighted by atomic mass is 10.1. The van der Waals surface area contributed by atoms with Crippen LogP contribution in [0.3, 0.4) is 0 Å². The minimum Gasteiger partial charge on any atom is -0.395 e. The number of aliphatic hydroxyl groups excluding tert-OH is 1. The zero-order chi connectivity index (χ0) is 9.03. The van der Waals surface area contributed by atoms with Gasteiger partial charge in [-0.15, -0.1) is 11.8 Å². The molecule has 1 heterocycles. The summed E-state index contributed by atoms with van der Waals surface area (Å²) in [4.78, 5) is 11.5. The van der Waals surface area contributed by atoms with Crippen molar-refractivity contribution < 1.29 is 9.90 Å². The highest BCUT2D eigenvalue weighted by atomic mass is 32.2. The lowest BCUT2D eigenvalue weighted by Gasteiger charge is -2.20. The highest BCUT2D eigenvalue weighted by Crippen LogP contribution is 2.37. The van der Waals surface area contributed by atoms with E-state index in [1.165, 1.54) is 0 Å². The minimum atomic E-state index is -0.241. The summed E-state index contributed by atoms with van der Waals surface area (Å²) in [5.41, 5.74) is 0. The van der Waals surface area contributed by atoms with E-state index in [4.69, 9.17) is 5.11 Å². The Morgan fingerprint density at radius 3 is 3.00 bits per heavy atom. The van der Waals surface area contributed by atoms with E-state index in [0.29, 0.717) is 6.54 Å². The molecular formula is C8H15NO2S. The van der Waals surface area contributed by atoms with Crippen molar-refractivity contribution in [1.82, 2.24) is 5.32 Å². The zero-order valence-corrected chi connectivity index (χ0v) is 8.12. The van der Waals surface area contributed by atoms with E-state index < -0.39 is 0 Å². The molecule has 0 spiro atoms. The summed E-state index contributed by atoms with van der Waals surface area (Å²) in [6.45, 7) is 2.36. The van der Waals surface area contributed by atoms with Crippen LogP contribution in [-0.2, 0) is 4.79 Å². The minimum absolute atomic E-state index is 0.0203. The molecule has 0 aliphatic carbocycles. The summed E-state index contributed by atoms with van der Waals surface area (Å²) in [5, 5.41) is 11.2. The Morgan fingerprint density at radius 2 is 2.50 bits per heavy atom. The molecule has 0 radical (unpaired) electrons. The maximum atomic E-state index is 11.5. The van der Waals surface area contributed by atoms with Crippen LogP contribution in [0.4, 0.5) is 0 Å². The van der Waals surface area contributed by atoms with E-state index in [1.807, 2.05) is 6.92 Å². The predicted octanol–water partition coefficient (Wildman–Crippen LogP) is 0.381. The molecule has 1 rings (SSSR count). The Hall–Kier alpha value is -0.220. The normalized spacial score (nSPS) is 28.8. The number of amides is 1. The Bertz CT molecular complexity index is 166. The van der Waals surface area contributed by atoms with Gasteiger partial charge in [-0.05, 0) is 25.5 Å². The SMILES string of the molecule is CC1(C(=O)NCCO)CCCS1. The molecule has 1 saturated heterocycles. The number of hydrogen-bond donors (Lipinski definition) is 2. The highest BCUT2D eigenvalue weighted by molar-refractivity contribution is 8.01. The predicted molar refractivity (Wildman–Crippen MR) is 50.2 cm³/mol. The van der Waals surface area contributed by atoms with Crippen molar-refractivity contribution in [3.8, 4) is 0 Å². The van der Waals surface area contributed by atoms with E-state index >= 15 is 0 Å². The zero-order valence-electron chi connectivity index (χ0n) is 7.30. The number of thioether (sulfide) groups is 1. The molecule has 0 aromatic rings. The van der Waals surface area contributed by atoms with Crippen LogP contribution in [0.2, 0.25) is 0 Å². The maximum absolute atomic E-state index is 11.5. The molecule has 70 valence electrons. The first-order valence-electron chi connectivity index (χ1n) is 4.22. The molecule has 1 unspecified atom stereocenters. The molecule has 0 bridgehead atoms. The smallest absolute Gasteiger partial charge is 0.236 e. The van der Waals surface area contributed by atoms with Crippen molar-refractivity contribution in [3.63, 3.8) is 0 Å². The van der Waals surface area contributed by atoms with Crippen molar-refractivity contribution >= 4 is 17.7 Å². The van der Waals surface area contributed by atoms with Gasteiger partial charge in [0, 0.05) is 6.54 Å². The molecular weight excluding hydrogens is 174 g/mol. The number of hydrogen-bond acceptors (Lipinski definition) is 3. The second-order valence-electron chi connectivity index (χ2n) is 3.16. The first-order valence-corrected chi connectivity index (χ1v) is 5.21. The van der Waals surface area contributed by atoms with E-state index in [1.54, 1.807) is 11.8 Å². The lowest BCUT2D eigenvalue weighted by molar-refractivity contribution is -0.123. The molecule has 2 N–H and O–H groups in total. The fraction of sp³-hybridized carbons (Fsp3) is 0.875. The number of nitrogens with one attached hydrogen (secondary N) is 1. The van der Waals surface area contributed by atoms with Crippen molar-refractivity contribution in [2.45, 2.75) is 24.5 Å². The molecule has 12 heavy (non-hydrogen) atoms. The molecule has 0 aromatic heterocycles. The first-order chi connectivity index (χ1) is 5.69. The number of aliphatic hydroxyl groups is 1. The molecule has 1 aliphatic rings. The van der Waals surface area contributed by atoms with E-state index in [-0.39, 0.29) is 17.3 Å². The van der Waals surface area contributed by atoms with Crippen molar-refractivity contribution in [3.05, 3.63) is 0 Å². The number of rotatable bonds is 3. The van der Waals surface area contributed by atoms with Crippen molar-refractivity contribution in [2.24, 2.45) is 0 Å². The molecule has 0 aromatic carbocycles. The summed E-state index contributed by atoms with van der Waals surface area (Å²) >= 11 is 1.71. The van der Waals surface area contributed by atoms with Gasteiger partial charge in [0.25, 0.3) is 0 Å². The third-order valence-electron chi connectivity index (χ3n) is 2.10. The second-order valence-corrected chi connectivity index (χ2v) is 4.76. The van der Waals surface area contributed by atoms with E-state index in [0.717, 1.165) is 18.6 Å². The van der Waals surface area contributed by atoms with Crippen LogP contribution >= 0.6 is 11.8 Å². The van der Waals surface area contributed by atoms with Crippen LogP contribution in [0.15, 0.2) is 0 Å². The van der Waals surface area contributed by atoms with Crippen LogP contribution in [0.1, 0.15) is 19.8 Å². The van der Waals surface area contributed by atoms with Gasteiger partial charge in [0.05, 0.1) is 11.4 Å². The summed E-state index contributed by atoms with van der Waals surface area (Å²) < 4.78 is -0.241. The van der Waals surface area contributed by atoms with Crippen molar-refractivity contribution in [2.75, 3.05) is 18.9 Å². The third-order valence-corrected chi connectivity index (χ3v) is 3.62. The van der Waals surface area contributed by atoms with Crippen LogP contribution in [0, 0.1) is 0 Å². The van der Waals surface area contributed by atoms with Gasteiger partial charge in [-0.1, -0.05) is 0 Å². The monoisotopic (exact) mass is 189 g/mol. The molecule has 1 atom stereocenters. The number of carbonyl (C=O) groups excluding carboxylic acids is 1. The average Bonchev–Trinajstić information content (AvgIpc) is 2.49. The van der Waals surface area contributed by atoms with Gasteiger partial charge in [-0.25, -0.2) is 0 Å². The average molecular weight is 189 g/mol. The van der Waals surface area contributed by atoms with Crippen LogP contribution in [0.25, 0.3) is 0 Å². The van der Waals surface area contributed by atoms with Gasteiger partial charge in [0.15, 0.2) is 0 Å². The fourth-order valence-electron chi connectivity index (χ4n) is 1.31. The van der Waals surface area contributed by atoms with Gasteiger partial charge in [-0.2, -0.15) is 0 Å². The van der Waals surface area contributed by atoms with E-state index in [9.17, 15) is 4.79 Å². The lowest BCUT2D eigenvalue weighted by Crippen LogP contribution is -2.41. The molecule has 1 amide bonds. The van der Waals surface area contributed by atoms with Crippen molar-refractivity contribution in [1.29, 1.82) is 0 Å². The maximum Gasteiger partial charge on any atom is 0.236 e. The third kappa shape index (κ3) is 2.14. The Morgan fingerprint density at radius 1 is 1.75 bits per heavy atom. The Kier molecular flexibility index (Phi) is 3.40. The van der Waals surface area contributed by atoms with Gasteiger partial charge < -0.3 is 10.4 Å². The van der Waals surface area contributed by atoms with Crippen LogP contribution in [0.5, 0.6) is 0 Å². The fourth-order valence-corrected chi connectivity index (χ4v) is 2.55. The highest BCUT2D eigenvalue weighted by Gasteiger charge is 2.36. The number of carbonyl (C=O) groups is 1. The summed E-state index contributed by atoms with van der Waals surface area (Å²) in [6, 6.07) is 0. The molecule has 3 nitrogen and oxygen atoms in total. The molecule has 1 aliphatic heterocycles. The van der Waals surface area contributed by atoms with Gasteiger partial charge in [-0.3, -0.25) is 4.79 Å². The largest absolute Gasteiger partial charge is 0.395 e. The van der Waals surface area contributed by atoms with Crippen LogP contribution in [-0.4, -0.2) is 34.7 Å². The Balaban J connectivity index is 2.39. The van der Waals surface area contributed by atoms with Gasteiger partial charge >= 0.3 is 0 Å². The standard InChI is InChI=1S/C8H15NO2S/c1-8(3-2-6-12-8)7(11)9-4-5-10/h10H,2-6H2,1H3,(H,9,11). The first kappa shape index (κ1) is 9.86.